The highest BCUT2D eigenvalue weighted by Gasteiger charge is 2.51. The predicted molar refractivity (Wildman–Crippen MR) is 112 cm³/mol. The van der Waals surface area contributed by atoms with Gasteiger partial charge in [-0.2, -0.15) is 13.2 Å². The van der Waals surface area contributed by atoms with E-state index in [2.05, 4.69) is 25.3 Å². The fourth-order valence-corrected chi connectivity index (χ4v) is 3.80. The van der Waals surface area contributed by atoms with Crippen LogP contribution in [-0.4, -0.2) is 55.8 Å². The average Bonchev–Trinajstić information content (AvgIpc) is 3.11. The molecular weight excluding hydrogens is 459 g/mol. The first-order chi connectivity index (χ1) is 16.1. The van der Waals surface area contributed by atoms with Gasteiger partial charge in [0.2, 0.25) is 5.95 Å². The lowest BCUT2D eigenvalue weighted by Gasteiger charge is -2.28. The third-order valence-electron chi connectivity index (χ3n) is 5.54. The molecule has 1 aliphatic rings. The van der Waals surface area contributed by atoms with Crippen molar-refractivity contribution in [1.29, 1.82) is 0 Å². The smallest absolute Gasteiger partial charge is 0.352 e. The summed E-state index contributed by atoms with van der Waals surface area (Å²) in [6, 6.07) is 5.00. The number of nitrogens with zero attached hydrogens (tertiary/aromatic N) is 5. The van der Waals surface area contributed by atoms with Crippen molar-refractivity contribution in [1.82, 2.24) is 24.8 Å². The summed E-state index contributed by atoms with van der Waals surface area (Å²) in [6.45, 7) is 1.12. The van der Waals surface area contributed by atoms with Crippen LogP contribution in [0.5, 0.6) is 0 Å². The Hall–Kier alpha value is -3.70. The third-order valence-corrected chi connectivity index (χ3v) is 5.54. The number of likely N-dealkylation sites (tertiary alicyclic amines) is 1. The summed E-state index contributed by atoms with van der Waals surface area (Å²) in [5, 5.41) is 2.53. The number of aryl methyl sites for hydroxylation is 1. The topological polar surface area (TPSA) is 83.9 Å². The number of amides is 1. The number of benzene rings is 1. The second-order valence-electron chi connectivity index (χ2n) is 7.77. The Balaban J connectivity index is 1.58. The van der Waals surface area contributed by atoms with Gasteiger partial charge in [-0.3, -0.25) is 4.79 Å². The second kappa shape index (κ2) is 8.92. The number of hydrogen-bond donors (Lipinski definition) is 1. The number of carbonyl (C=O) groups is 1. The minimum atomic E-state index is -4.62. The van der Waals surface area contributed by atoms with Crippen molar-refractivity contribution in [3.8, 4) is 11.4 Å². The van der Waals surface area contributed by atoms with Gasteiger partial charge >= 0.3 is 6.18 Å². The summed E-state index contributed by atoms with van der Waals surface area (Å²) >= 11 is 0. The van der Waals surface area contributed by atoms with Gasteiger partial charge in [0.1, 0.15) is 6.04 Å². The molecule has 0 aliphatic carbocycles. The first-order valence-electron chi connectivity index (χ1n) is 10.3. The van der Waals surface area contributed by atoms with Crippen molar-refractivity contribution in [3.63, 3.8) is 0 Å². The summed E-state index contributed by atoms with van der Waals surface area (Å²) in [4.78, 5) is 29.9. The van der Waals surface area contributed by atoms with Crippen LogP contribution in [0, 0.1) is 6.92 Å². The Kier molecular flexibility index (Phi) is 6.15. The summed E-state index contributed by atoms with van der Waals surface area (Å²) in [5.41, 5.74) is 0.271. The van der Waals surface area contributed by atoms with Crippen molar-refractivity contribution >= 4 is 11.9 Å². The molecule has 1 aliphatic heterocycles. The molecule has 2 aromatic heterocycles. The fourth-order valence-electron chi connectivity index (χ4n) is 3.80. The molecule has 3 aromatic rings. The SMILES string of the molecule is Cc1cccc(C(=O)N2CCC(F)(F)[C@H]2CNc2ncc(C(F)(F)F)cn2)c1-c1ncccn1. The maximum absolute atomic E-state index is 14.7. The van der Waals surface area contributed by atoms with E-state index in [0.29, 0.717) is 29.3 Å². The largest absolute Gasteiger partial charge is 0.419 e. The maximum Gasteiger partial charge on any atom is 0.419 e. The highest BCUT2D eigenvalue weighted by atomic mass is 19.4. The molecule has 7 nitrogen and oxygen atoms in total. The molecule has 12 heteroatoms. The highest BCUT2D eigenvalue weighted by Crippen LogP contribution is 2.36. The molecule has 3 heterocycles. The molecule has 0 bridgehead atoms. The molecule has 0 saturated carbocycles. The first-order valence-corrected chi connectivity index (χ1v) is 10.3. The number of nitrogens with one attached hydrogen (secondary N) is 1. The Morgan fingerprint density at radius 2 is 1.79 bits per heavy atom. The fraction of sp³-hybridized carbons (Fsp3) is 0.318. The Morgan fingerprint density at radius 1 is 1.12 bits per heavy atom. The van der Waals surface area contributed by atoms with E-state index in [-0.39, 0.29) is 18.1 Å². The molecule has 1 amide bonds. The van der Waals surface area contributed by atoms with Gasteiger partial charge in [0.25, 0.3) is 11.8 Å². The van der Waals surface area contributed by atoms with E-state index >= 15 is 0 Å². The number of hydrogen-bond acceptors (Lipinski definition) is 6. The molecule has 1 aromatic carbocycles. The maximum atomic E-state index is 14.7. The van der Waals surface area contributed by atoms with E-state index < -0.39 is 42.6 Å². The Labute approximate surface area is 191 Å². The van der Waals surface area contributed by atoms with Gasteiger partial charge in [0, 0.05) is 49.9 Å². The zero-order chi connectivity index (χ0) is 24.5. The van der Waals surface area contributed by atoms with E-state index in [4.69, 9.17) is 0 Å². The summed E-state index contributed by atoms with van der Waals surface area (Å²) < 4.78 is 67.5. The molecule has 4 rings (SSSR count). The van der Waals surface area contributed by atoms with E-state index in [1.807, 2.05) is 0 Å². The van der Waals surface area contributed by atoms with Gasteiger partial charge < -0.3 is 10.2 Å². The molecule has 1 atom stereocenters. The third kappa shape index (κ3) is 4.66. The number of aromatic nitrogens is 4. The molecule has 0 radical (unpaired) electrons. The van der Waals surface area contributed by atoms with Gasteiger partial charge in [0.15, 0.2) is 5.82 Å². The predicted octanol–water partition coefficient (Wildman–Crippen LogP) is 4.22. The lowest BCUT2D eigenvalue weighted by molar-refractivity contribution is -0.138. The lowest BCUT2D eigenvalue weighted by atomic mass is 9.99. The molecule has 0 spiro atoms. The van der Waals surface area contributed by atoms with E-state index in [1.165, 1.54) is 18.5 Å². The average molecular weight is 478 g/mol. The van der Waals surface area contributed by atoms with Crippen molar-refractivity contribution in [2.45, 2.75) is 31.5 Å². The van der Waals surface area contributed by atoms with Crippen LogP contribution in [0.15, 0.2) is 49.1 Å². The van der Waals surface area contributed by atoms with E-state index in [0.717, 1.165) is 4.90 Å². The number of carbonyl (C=O) groups excluding carboxylic acids is 1. The summed E-state index contributed by atoms with van der Waals surface area (Å²) in [7, 11) is 0. The zero-order valence-electron chi connectivity index (χ0n) is 17.9. The van der Waals surface area contributed by atoms with Crippen LogP contribution in [0.25, 0.3) is 11.4 Å². The Bertz CT molecular complexity index is 1170. The van der Waals surface area contributed by atoms with E-state index in [9.17, 15) is 26.7 Å². The number of anilines is 1. The van der Waals surface area contributed by atoms with Gasteiger partial charge in [0.05, 0.1) is 11.1 Å². The van der Waals surface area contributed by atoms with Crippen LogP contribution < -0.4 is 5.32 Å². The minimum Gasteiger partial charge on any atom is -0.352 e. The minimum absolute atomic E-state index is 0.180. The highest BCUT2D eigenvalue weighted by molar-refractivity contribution is 6.01. The molecule has 34 heavy (non-hydrogen) atoms. The van der Waals surface area contributed by atoms with Crippen LogP contribution in [-0.2, 0) is 6.18 Å². The van der Waals surface area contributed by atoms with Crippen molar-refractivity contribution in [2.24, 2.45) is 0 Å². The molecule has 178 valence electrons. The van der Waals surface area contributed by atoms with Crippen molar-refractivity contribution in [2.75, 3.05) is 18.4 Å². The Morgan fingerprint density at radius 3 is 2.44 bits per heavy atom. The second-order valence-corrected chi connectivity index (χ2v) is 7.77. The summed E-state index contributed by atoms with van der Waals surface area (Å²) in [5.74, 6) is -3.80. The van der Waals surface area contributed by atoms with Crippen LogP contribution in [0.4, 0.5) is 27.9 Å². The van der Waals surface area contributed by atoms with Crippen LogP contribution >= 0.6 is 0 Å². The van der Waals surface area contributed by atoms with Crippen molar-refractivity contribution in [3.05, 3.63) is 65.7 Å². The quantitative estimate of drug-likeness (QED) is 0.553. The van der Waals surface area contributed by atoms with E-state index in [1.54, 1.807) is 25.1 Å². The van der Waals surface area contributed by atoms with Crippen LogP contribution in [0.2, 0.25) is 0 Å². The lowest BCUT2D eigenvalue weighted by Crippen LogP contribution is -2.47. The molecule has 1 fully saturated rings. The van der Waals surface area contributed by atoms with Gasteiger partial charge in [-0.05, 0) is 24.6 Å². The van der Waals surface area contributed by atoms with Gasteiger partial charge in [-0.15, -0.1) is 0 Å². The van der Waals surface area contributed by atoms with Gasteiger partial charge in [-0.25, -0.2) is 28.7 Å². The number of rotatable bonds is 5. The molecule has 1 N–H and O–H groups in total. The standard InChI is InChI=1S/C22H19F5N6O/c1-13-4-2-5-15(17(13)18-28-7-3-8-29-18)19(34)33-9-6-21(23,24)16(33)12-32-20-30-10-14(11-31-20)22(25,26)27/h2-5,7-8,10-11,16H,6,9,12H2,1H3,(H,30,31,32)/t16-/m1/s1. The summed E-state index contributed by atoms with van der Waals surface area (Å²) in [6.07, 6.45) is -1.02. The van der Waals surface area contributed by atoms with Crippen molar-refractivity contribution < 1.29 is 26.7 Å². The van der Waals surface area contributed by atoms with Crippen LogP contribution in [0.3, 0.4) is 0 Å². The number of halogens is 5. The number of alkyl halides is 5. The molecule has 0 unspecified atom stereocenters. The van der Waals surface area contributed by atoms with Gasteiger partial charge in [-0.1, -0.05) is 12.1 Å². The first kappa shape index (κ1) is 23.5. The molecular formula is C22H19F5N6O. The van der Waals surface area contributed by atoms with Crippen LogP contribution in [0.1, 0.15) is 27.9 Å². The monoisotopic (exact) mass is 478 g/mol. The molecule has 1 saturated heterocycles. The normalized spacial score (nSPS) is 17.6. The zero-order valence-corrected chi connectivity index (χ0v) is 17.9.